The summed E-state index contributed by atoms with van der Waals surface area (Å²) in [6.07, 6.45) is 2.23. The second kappa shape index (κ2) is 4.01. The summed E-state index contributed by atoms with van der Waals surface area (Å²) in [4.78, 5) is 4.73. The molecule has 0 aliphatic rings. The lowest BCUT2D eigenvalue weighted by molar-refractivity contribution is 0.889. The van der Waals surface area contributed by atoms with Crippen LogP contribution in [-0.2, 0) is 6.42 Å². The van der Waals surface area contributed by atoms with Gasteiger partial charge in [0.05, 0.1) is 5.52 Å². The lowest BCUT2D eigenvalue weighted by Crippen LogP contribution is -1.92. The van der Waals surface area contributed by atoms with E-state index in [1.807, 2.05) is 0 Å². The quantitative estimate of drug-likeness (QED) is 0.716. The van der Waals surface area contributed by atoms with Crippen molar-refractivity contribution in [2.45, 2.75) is 33.6 Å². The van der Waals surface area contributed by atoms with Gasteiger partial charge >= 0.3 is 0 Å². The van der Waals surface area contributed by atoms with Crippen LogP contribution in [0.2, 0.25) is 0 Å². The summed E-state index contributed by atoms with van der Waals surface area (Å²) in [6, 6.07) is 8.67. The van der Waals surface area contributed by atoms with E-state index in [0.29, 0.717) is 0 Å². The van der Waals surface area contributed by atoms with Crippen LogP contribution in [0.5, 0.6) is 0 Å². The second-order valence-electron chi connectivity index (χ2n) is 4.15. The molecule has 78 valence electrons. The SMILES string of the molecule is CCCc1ccc2c(C)ccc(C)c2n1. The van der Waals surface area contributed by atoms with E-state index in [1.165, 1.54) is 27.7 Å². The average Bonchev–Trinajstić information content (AvgIpc) is 2.24. The van der Waals surface area contributed by atoms with Gasteiger partial charge in [0.25, 0.3) is 0 Å². The number of hydrogen-bond donors (Lipinski definition) is 0. The van der Waals surface area contributed by atoms with Gasteiger partial charge in [-0.05, 0) is 37.5 Å². The van der Waals surface area contributed by atoms with Crippen LogP contribution in [0.4, 0.5) is 0 Å². The van der Waals surface area contributed by atoms with Crippen molar-refractivity contribution in [3.63, 3.8) is 0 Å². The molecule has 0 saturated heterocycles. The van der Waals surface area contributed by atoms with Crippen LogP contribution in [0.25, 0.3) is 10.9 Å². The van der Waals surface area contributed by atoms with Gasteiger partial charge in [0.1, 0.15) is 0 Å². The Morgan fingerprint density at radius 2 is 1.73 bits per heavy atom. The largest absolute Gasteiger partial charge is 0.253 e. The van der Waals surface area contributed by atoms with Gasteiger partial charge in [-0.3, -0.25) is 4.98 Å². The summed E-state index contributed by atoms with van der Waals surface area (Å²) >= 11 is 0. The van der Waals surface area contributed by atoms with Crippen molar-refractivity contribution in [1.82, 2.24) is 4.98 Å². The molecule has 0 radical (unpaired) electrons. The molecule has 0 atom stereocenters. The molecule has 2 rings (SSSR count). The molecule has 1 nitrogen and oxygen atoms in total. The highest BCUT2D eigenvalue weighted by atomic mass is 14.7. The molecule has 0 spiro atoms. The Morgan fingerprint density at radius 1 is 1.00 bits per heavy atom. The zero-order chi connectivity index (χ0) is 10.8. The first-order valence-corrected chi connectivity index (χ1v) is 5.58. The first-order valence-electron chi connectivity index (χ1n) is 5.58. The van der Waals surface area contributed by atoms with E-state index in [0.717, 1.165) is 12.8 Å². The molecule has 0 fully saturated rings. The van der Waals surface area contributed by atoms with Crippen molar-refractivity contribution >= 4 is 10.9 Å². The zero-order valence-electron chi connectivity index (χ0n) is 9.67. The lowest BCUT2D eigenvalue weighted by Gasteiger charge is -2.06. The maximum atomic E-state index is 4.73. The number of rotatable bonds is 2. The molecule has 0 amide bonds. The first-order chi connectivity index (χ1) is 7.22. The van der Waals surface area contributed by atoms with Gasteiger partial charge in [0.15, 0.2) is 0 Å². The number of benzene rings is 1. The van der Waals surface area contributed by atoms with Crippen molar-refractivity contribution in [2.24, 2.45) is 0 Å². The fourth-order valence-corrected chi connectivity index (χ4v) is 1.93. The standard InChI is InChI=1S/C14H17N/c1-4-5-12-8-9-13-10(2)6-7-11(3)14(13)15-12/h6-9H,4-5H2,1-3H3. The molecular formula is C14H17N. The van der Waals surface area contributed by atoms with E-state index in [1.54, 1.807) is 0 Å². The minimum absolute atomic E-state index is 1.07. The third kappa shape index (κ3) is 1.87. The molecule has 15 heavy (non-hydrogen) atoms. The second-order valence-corrected chi connectivity index (χ2v) is 4.15. The van der Waals surface area contributed by atoms with Crippen LogP contribution in [0, 0.1) is 13.8 Å². The summed E-state index contributed by atoms with van der Waals surface area (Å²) in [5.41, 5.74) is 4.96. The summed E-state index contributed by atoms with van der Waals surface area (Å²) in [7, 11) is 0. The number of hydrogen-bond acceptors (Lipinski definition) is 1. The van der Waals surface area contributed by atoms with E-state index in [2.05, 4.69) is 45.0 Å². The molecular weight excluding hydrogens is 182 g/mol. The highest BCUT2D eigenvalue weighted by Gasteiger charge is 2.02. The van der Waals surface area contributed by atoms with Crippen molar-refractivity contribution in [2.75, 3.05) is 0 Å². The summed E-state index contributed by atoms with van der Waals surface area (Å²) in [5.74, 6) is 0. The lowest BCUT2D eigenvalue weighted by atomic mass is 10.0. The normalized spacial score (nSPS) is 10.9. The smallest absolute Gasteiger partial charge is 0.0737 e. The van der Waals surface area contributed by atoms with E-state index in [-0.39, 0.29) is 0 Å². The third-order valence-electron chi connectivity index (χ3n) is 2.84. The van der Waals surface area contributed by atoms with Crippen LogP contribution < -0.4 is 0 Å². The van der Waals surface area contributed by atoms with Crippen molar-refractivity contribution in [3.8, 4) is 0 Å². The van der Waals surface area contributed by atoms with E-state index < -0.39 is 0 Å². The topological polar surface area (TPSA) is 12.9 Å². The fourth-order valence-electron chi connectivity index (χ4n) is 1.93. The van der Waals surface area contributed by atoms with E-state index in [9.17, 15) is 0 Å². The molecule has 0 aliphatic heterocycles. The number of pyridine rings is 1. The predicted molar refractivity (Wildman–Crippen MR) is 65.2 cm³/mol. The zero-order valence-corrected chi connectivity index (χ0v) is 9.67. The Morgan fingerprint density at radius 3 is 2.47 bits per heavy atom. The van der Waals surface area contributed by atoms with Crippen LogP contribution in [0.15, 0.2) is 24.3 Å². The summed E-state index contributed by atoms with van der Waals surface area (Å²) in [6.45, 7) is 6.46. The van der Waals surface area contributed by atoms with Crippen molar-refractivity contribution < 1.29 is 0 Å². The van der Waals surface area contributed by atoms with Crippen LogP contribution >= 0.6 is 0 Å². The average molecular weight is 199 g/mol. The molecule has 1 aromatic heterocycles. The van der Waals surface area contributed by atoms with Gasteiger partial charge in [0, 0.05) is 11.1 Å². The minimum Gasteiger partial charge on any atom is -0.253 e. The van der Waals surface area contributed by atoms with Crippen LogP contribution in [-0.4, -0.2) is 4.98 Å². The monoisotopic (exact) mass is 199 g/mol. The highest BCUT2D eigenvalue weighted by molar-refractivity contribution is 5.84. The molecule has 0 N–H and O–H groups in total. The Kier molecular flexibility index (Phi) is 2.72. The first kappa shape index (κ1) is 10.2. The number of fused-ring (bicyclic) bond motifs is 1. The number of nitrogens with zero attached hydrogens (tertiary/aromatic N) is 1. The molecule has 0 aliphatic carbocycles. The maximum Gasteiger partial charge on any atom is 0.0737 e. The molecule has 0 bridgehead atoms. The van der Waals surface area contributed by atoms with E-state index in [4.69, 9.17) is 4.98 Å². The molecule has 1 heteroatoms. The molecule has 1 heterocycles. The Labute approximate surface area is 91.2 Å². The number of aryl methyl sites for hydroxylation is 3. The molecule has 0 unspecified atom stereocenters. The van der Waals surface area contributed by atoms with Gasteiger partial charge in [-0.15, -0.1) is 0 Å². The van der Waals surface area contributed by atoms with E-state index >= 15 is 0 Å². The van der Waals surface area contributed by atoms with Crippen molar-refractivity contribution in [3.05, 3.63) is 41.1 Å². The Bertz CT molecular complexity index is 486. The van der Waals surface area contributed by atoms with Gasteiger partial charge in [-0.1, -0.05) is 31.5 Å². The van der Waals surface area contributed by atoms with Gasteiger partial charge < -0.3 is 0 Å². The van der Waals surface area contributed by atoms with Gasteiger partial charge in [-0.2, -0.15) is 0 Å². The predicted octanol–water partition coefficient (Wildman–Crippen LogP) is 3.80. The van der Waals surface area contributed by atoms with Crippen LogP contribution in [0.1, 0.15) is 30.2 Å². The van der Waals surface area contributed by atoms with Crippen molar-refractivity contribution in [1.29, 1.82) is 0 Å². The highest BCUT2D eigenvalue weighted by Crippen LogP contribution is 2.20. The minimum atomic E-state index is 1.07. The molecule has 0 saturated carbocycles. The fraction of sp³-hybridized carbons (Fsp3) is 0.357. The van der Waals surface area contributed by atoms with Gasteiger partial charge in [-0.25, -0.2) is 0 Å². The Balaban J connectivity index is 2.65. The molecule has 2 aromatic rings. The van der Waals surface area contributed by atoms with Gasteiger partial charge in [0.2, 0.25) is 0 Å². The third-order valence-corrected chi connectivity index (χ3v) is 2.84. The maximum absolute atomic E-state index is 4.73. The van der Waals surface area contributed by atoms with Crippen LogP contribution in [0.3, 0.4) is 0 Å². The summed E-state index contributed by atoms with van der Waals surface area (Å²) in [5, 5.41) is 1.29. The number of aromatic nitrogens is 1. The Hall–Kier alpha value is -1.37. The summed E-state index contributed by atoms with van der Waals surface area (Å²) < 4.78 is 0. The molecule has 1 aromatic carbocycles.